The van der Waals surface area contributed by atoms with Crippen LogP contribution in [0.15, 0.2) is 41.1 Å². The van der Waals surface area contributed by atoms with Gasteiger partial charge in [-0.2, -0.15) is 5.10 Å². The summed E-state index contributed by atoms with van der Waals surface area (Å²) in [5.74, 6) is -0.532. The van der Waals surface area contributed by atoms with Crippen LogP contribution in [-0.4, -0.2) is 59.4 Å². The number of halogens is 4. The fourth-order valence-corrected chi connectivity index (χ4v) is 3.76. The fourth-order valence-electron chi connectivity index (χ4n) is 2.99. The van der Waals surface area contributed by atoms with Crippen LogP contribution < -0.4 is 15.4 Å². The molecule has 9 nitrogen and oxygen atoms in total. The Morgan fingerprint density at radius 2 is 2.00 bits per heavy atom. The first-order chi connectivity index (χ1) is 19.0. The van der Waals surface area contributed by atoms with Crippen LogP contribution in [0, 0.1) is 0 Å². The van der Waals surface area contributed by atoms with Gasteiger partial charge in [-0.15, -0.1) is 23.4 Å². The molecule has 0 aliphatic carbocycles. The number of hydrogen-bond donors (Lipinski definition) is 2. The van der Waals surface area contributed by atoms with Gasteiger partial charge in [-0.3, -0.25) is 14.6 Å². The number of aryl methyl sites for hydroxylation is 1. The van der Waals surface area contributed by atoms with Gasteiger partial charge >= 0.3 is 6.36 Å². The molecule has 1 atom stereocenters. The number of amides is 2. The van der Waals surface area contributed by atoms with Gasteiger partial charge in [0.2, 0.25) is 11.4 Å². The minimum absolute atomic E-state index is 0.165. The van der Waals surface area contributed by atoms with Crippen LogP contribution in [0.4, 0.5) is 17.6 Å². The Labute approximate surface area is 235 Å². The smallest absolute Gasteiger partial charge is 0.406 e. The van der Waals surface area contributed by atoms with Crippen LogP contribution in [0.5, 0.6) is 5.75 Å². The number of nitrogens with one attached hydrogen (secondary N) is 2. The third-order valence-electron chi connectivity index (χ3n) is 4.63. The summed E-state index contributed by atoms with van der Waals surface area (Å²) in [6, 6.07) is 5.41. The van der Waals surface area contributed by atoms with Crippen LogP contribution in [-0.2, 0) is 17.8 Å². The number of rotatable bonds is 15. The summed E-state index contributed by atoms with van der Waals surface area (Å²) in [5.41, 5.74) is 1.60. The molecule has 2 aromatic rings. The number of unbranched alkanes of at least 4 members (excludes halogenated alkanes) is 1. The molecule has 0 spiro atoms. The molecule has 0 saturated heterocycles. The maximum absolute atomic E-state index is 14.3. The summed E-state index contributed by atoms with van der Waals surface area (Å²) in [5, 5.41) is 19.8. The lowest BCUT2D eigenvalue weighted by Crippen LogP contribution is -2.22. The number of alkyl halides is 4. The van der Waals surface area contributed by atoms with E-state index < -0.39 is 12.5 Å². The van der Waals surface area contributed by atoms with Crippen molar-refractivity contribution in [3.63, 3.8) is 0 Å². The minimum Gasteiger partial charge on any atom is -0.406 e. The summed E-state index contributed by atoms with van der Waals surface area (Å²) in [7, 11) is 0. The normalized spacial score (nSPS) is 11.7. The number of hydrogen-bond acceptors (Lipinski definition) is 8. The number of ether oxygens (including phenoxy) is 1. The lowest BCUT2D eigenvalue weighted by Gasteiger charge is -2.17. The number of benzene rings is 1. The minimum atomic E-state index is -4.70. The van der Waals surface area contributed by atoms with E-state index in [0.29, 0.717) is 41.4 Å². The van der Waals surface area contributed by atoms with Gasteiger partial charge < -0.3 is 15.4 Å². The van der Waals surface area contributed by atoms with Crippen molar-refractivity contribution in [3.8, 4) is 5.75 Å². The van der Waals surface area contributed by atoms with Crippen molar-refractivity contribution < 1.29 is 31.9 Å². The molecule has 0 radical (unpaired) electrons. The second-order valence-corrected chi connectivity index (χ2v) is 9.67. The van der Waals surface area contributed by atoms with E-state index in [1.807, 2.05) is 33.2 Å². The van der Waals surface area contributed by atoms with Gasteiger partial charge in [0.25, 0.3) is 5.91 Å². The number of aromatic nitrogens is 2. The lowest BCUT2D eigenvalue weighted by molar-refractivity contribution is -0.274. The third kappa shape index (κ3) is 15.8. The van der Waals surface area contributed by atoms with Crippen LogP contribution >= 0.6 is 11.3 Å². The molecule has 0 aliphatic heterocycles. The van der Waals surface area contributed by atoms with E-state index in [4.69, 9.17) is 0 Å². The van der Waals surface area contributed by atoms with E-state index in [1.165, 1.54) is 29.5 Å². The molecule has 2 rings (SSSR count). The number of nitrogens with zero attached hydrogens (tertiary/aromatic N) is 4. The number of hydrazone groups is 1. The molecule has 40 heavy (non-hydrogen) atoms. The molecule has 14 heteroatoms. The van der Waals surface area contributed by atoms with Crippen LogP contribution in [0.25, 0.3) is 0 Å². The molecular weight excluding hydrogens is 552 g/mol. The quantitative estimate of drug-likeness (QED) is 0.125. The molecule has 0 saturated carbocycles. The van der Waals surface area contributed by atoms with Crippen LogP contribution in [0.3, 0.4) is 0 Å². The SMILES string of the molecule is CCC/C=N/N(C=C(C)C)CC(F)CCc1nnc(C(=O)NCC)s1.O=CNCc1cccc(OC(F)(F)F)c1. The molecule has 0 aliphatic rings. The number of carbonyl (C=O) groups is 2. The van der Waals surface area contributed by atoms with Crippen molar-refractivity contribution in [3.05, 3.63) is 51.6 Å². The highest BCUT2D eigenvalue weighted by Gasteiger charge is 2.31. The standard InChI is InChI=1S/C17H28FN5OS.C9H8F3NO2/c1-5-7-10-20-23(11-13(3)4)12-14(18)8-9-15-21-22-17(25-15)16(24)19-6-2;10-9(11,12)15-8-3-1-2-7(4-8)5-13-6-14/h10-11,14H,5-9,12H2,1-4H3,(H,19,24);1-4,6H,5H2,(H,13,14)/b20-10+;. The molecule has 222 valence electrons. The second kappa shape index (κ2) is 18.7. The Balaban J connectivity index is 0.000000453. The highest BCUT2D eigenvalue weighted by atomic mass is 32.1. The molecule has 0 bridgehead atoms. The molecule has 1 aromatic carbocycles. The molecule has 2 N–H and O–H groups in total. The van der Waals surface area contributed by atoms with Gasteiger partial charge in [-0.05, 0) is 51.3 Å². The molecule has 2 amide bonds. The third-order valence-corrected chi connectivity index (χ3v) is 5.61. The molecule has 0 fully saturated rings. The Bertz CT molecular complexity index is 1090. The Morgan fingerprint density at radius 1 is 1.25 bits per heavy atom. The van der Waals surface area contributed by atoms with Crippen molar-refractivity contribution in [1.82, 2.24) is 25.8 Å². The number of allylic oxidation sites excluding steroid dienone is 1. The van der Waals surface area contributed by atoms with E-state index in [0.717, 1.165) is 18.4 Å². The first kappa shape index (κ1) is 34.5. The summed E-state index contributed by atoms with van der Waals surface area (Å²) in [6.07, 6.45) is 1.06. The molecule has 1 unspecified atom stereocenters. The fraction of sp³-hybridized carbons (Fsp3) is 0.500. The van der Waals surface area contributed by atoms with Gasteiger partial charge in [0.1, 0.15) is 16.9 Å². The predicted octanol–water partition coefficient (Wildman–Crippen LogP) is 5.40. The zero-order valence-corrected chi connectivity index (χ0v) is 23.8. The van der Waals surface area contributed by atoms with Crippen molar-refractivity contribution in [1.29, 1.82) is 0 Å². The highest BCUT2D eigenvalue weighted by Crippen LogP contribution is 2.23. The molecule has 1 aromatic heterocycles. The summed E-state index contributed by atoms with van der Waals surface area (Å²) in [4.78, 5) is 21.6. The second-order valence-electron chi connectivity index (χ2n) is 8.61. The van der Waals surface area contributed by atoms with Crippen LogP contribution in [0.2, 0.25) is 0 Å². The summed E-state index contributed by atoms with van der Waals surface area (Å²) >= 11 is 1.21. The van der Waals surface area contributed by atoms with E-state index in [-0.39, 0.29) is 24.7 Å². The zero-order chi connectivity index (χ0) is 30.0. The maximum Gasteiger partial charge on any atom is 0.573 e. The van der Waals surface area contributed by atoms with Gasteiger partial charge in [-0.25, -0.2) is 4.39 Å². The van der Waals surface area contributed by atoms with Gasteiger partial charge in [0, 0.05) is 31.9 Å². The maximum atomic E-state index is 14.3. The number of carbonyl (C=O) groups excluding carboxylic acids is 2. The zero-order valence-electron chi connectivity index (χ0n) is 23.0. The average Bonchev–Trinajstić information content (AvgIpc) is 3.35. The topological polar surface area (TPSA) is 109 Å². The monoisotopic (exact) mass is 588 g/mol. The van der Waals surface area contributed by atoms with Gasteiger partial charge in [0.15, 0.2) is 0 Å². The van der Waals surface area contributed by atoms with Crippen molar-refractivity contribution in [2.45, 2.75) is 72.5 Å². The highest BCUT2D eigenvalue weighted by molar-refractivity contribution is 7.13. The Kier molecular flexibility index (Phi) is 16.1. The van der Waals surface area contributed by atoms with E-state index in [1.54, 1.807) is 11.1 Å². The van der Waals surface area contributed by atoms with Gasteiger partial charge in [0.05, 0.1) is 6.54 Å². The summed E-state index contributed by atoms with van der Waals surface area (Å²) < 4.78 is 53.5. The Morgan fingerprint density at radius 3 is 2.62 bits per heavy atom. The summed E-state index contributed by atoms with van der Waals surface area (Å²) in [6.45, 7) is 8.74. The Hall–Kier alpha value is -3.55. The first-order valence-electron chi connectivity index (χ1n) is 12.7. The lowest BCUT2D eigenvalue weighted by atomic mass is 10.2. The van der Waals surface area contributed by atoms with Crippen molar-refractivity contribution in [2.75, 3.05) is 13.1 Å². The van der Waals surface area contributed by atoms with Crippen molar-refractivity contribution >= 4 is 29.9 Å². The van der Waals surface area contributed by atoms with Gasteiger partial charge in [-0.1, -0.05) is 42.4 Å². The van der Waals surface area contributed by atoms with E-state index in [2.05, 4.69) is 37.6 Å². The first-order valence-corrected chi connectivity index (χ1v) is 13.5. The predicted molar refractivity (Wildman–Crippen MR) is 147 cm³/mol. The van der Waals surface area contributed by atoms with E-state index >= 15 is 0 Å². The molecular formula is C26H36F4N6O3S. The van der Waals surface area contributed by atoms with Crippen LogP contribution in [0.1, 0.15) is 67.3 Å². The van der Waals surface area contributed by atoms with Crippen molar-refractivity contribution in [2.24, 2.45) is 5.10 Å². The average molecular weight is 589 g/mol. The largest absolute Gasteiger partial charge is 0.573 e. The molecule has 1 heterocycles. The van der Waals surface area contributed by atoms with E-state index in [9.17, 15) is 27.2 Å².